The van der Waals surface area contributed by atoms with Crippen LogP contribution in [0.15, 0.2) is 48.9 Å². The normalized spacial score (nSPS) is 14.4. The molecule has 5 heterocycles. The Labute approximate surface area is 190 Å². The molecule has 0 spiro atoms. The van der Waals surface area contributed by atoms with Crippen LogP contribution in [0.3, 0.4) is 0 Å². The van der Waals surface area contributed by atoms with Gasteiger partial charge in [0.2, 0.25) is 0 Å². The molecule has 166 valence electrons. The smallest absolute Gasteiger partial charge is 0.254 e. The second-order valence-corrected chi connectivity index (χ2v) is 8.17. The minimum Gasteiger partial charge on any atom is -0.378 e. The van der Waals surface area contributed by atoms with Gasteiger partial charge in [0.05, 0.1) is 18.7 Å². The molecule has 0 atom stereocenters. The van der Waals surface area contributed by atoms with Crippen molar-refractivity contribution in [2.75, 3.05) is 31.2 Å². The average Bonchev–Trinajstić information content (AvgIpc) is 3.45. The Hall–Kier alpha value is -3.85. The molecule has 0 unspecified atom stereocenters. The highest BCUT2D eigenvalue weighted by Gasteiger charge is 2.24. The molecule has 5 aromatic rings. The van der Waals surface area contributed by atoms with Crippen LogP contribution < -0.4 is 4.90 Å². The molecule has 33 heavy (non-hydrogen) atoms. The summed E-state index contributed by atoms with van der Waals surface area (Å²) in [6.45, 7) is 7.76. The summed E-state index contributed by atoms with van der Waals surface area (Å²) >= 11 is 0. The van der Waals surface area contributed by atoms with Gasteiger partial charge < -0.3 is 14.2 Å². The van der Waals surface area contributed by atoms with E-state index in [1.165, 1.54) is 5.56 Å². The predicted molar refractivity (Wildman–Crippen MR) is 127 cm³/mol. The molecule has 9 heteroatoms. The lowest BCUT2D eigenvalue weighted by Crippen LogP contribution is -2.37. The maximum absolute atomic E-state index is 5.58. The first-order chi connectivity index (χ1) is 16.2. The average molecular weight is 441 g/mol. The first kappa shape index (κ1) is 19.8. The van der Waals surface area contributed by atoms with Crippen molar-refractivity contribution in [1.82, 2.24) is 34.3 Å². The first-order valence-electron chi connectivity index (χ1n) is 11.2. The molecule has 0 bridgehead atoms. The molecule has 1 aromatic carbocycles. The Morgan fingerprint density at radius 3 is 2.61 bits per heavy atom. The van der Waals surface area contributed by atoms with E-state index < -0.39 is 0 Å². The summed E-state index contributed by atoms with van der Waals surface area (Å²) < 4.78 is 9.49. The highest BCUT2D eigenvalue weighted by Crippen LogP contribution is 2.30. The number of fused-ring (bicyclic) bond motifs is 2. The van der Waals surface area contributed by atoms with Gasteiger partial charge in [-0.1, -0.05) is 11.6 Å². The van der Waals surface area contributed by atoms with Crippen molar-refractivity contribution in [2.24, 2.45) is 0 Å². The SMILES string of the molecule is CCn1c(-c2ccncc2)nc2c(N3CCOCC3)nc(-n3cc4cc(C)ccc4n3)nc21. The van der Waals surface area contributed by atoms with Crippen molar-refractivity contribution in [3.05, 3.63) is 54.5 Å². The quantitative estimate of drug-likeness (QED) is 0.423. The number of morpholine rings is 1. The van der Waals surface area contributed by atoms with Crippen molar-refractivity contribution in [3.8, 4) is 17.3 Å². The predicted octanol–water partition coefficient (Wildman–Crippen LogP) is 3.39. The van der Waals surface area contributed by atoms with Crippen LogP contribution in [0, 0.1) is 6.92 Å². The van der Waals surface area contributed by atoms with Crippen molar-refractivity contribution in [1.29, 1.82) is 0 Å². The van der Waals surface area contributed by atoms with Crippen molar-refractivity contribution < 1.29 is 4.74 Å². The van der Waals surface area contributed by atoms with Crippen molar-refractivity contribution in [2.45, 2.75) is 20.4 Å². The molecule has 4 aromatic heterocycles. The summed E-state index contributed by atoms with van der Waals surface area (Å²) in [6.07, 6.45) is 5.56. The van der Waals surface area contributed by atoms with Crippen LogP contribution in [-0.4, -0.2) is 60.6 Å². The lowest BCUT2D eigenvalue weighted by molar-refractivity contribution is 0.122. The molecular weight excluding hydrogens is 416 g/mol. The largest absolute Gasteiger partial charge is 0.378 e. The summed E-state index contributed by atoms with van der Waals surface area (Å²) in [5.41, 5.74) is 4.70. The van der Waals surface area contributed by atoms with E-state index in [0.29, 0.717) is 19.2 Å². The van der Waals surface area contributed by atoms with Gasteiger partial charge in [0.25, 0.3) is 5.95 Å². The molecule has 1 fully saturated rings. The minimum atomic E-state index is 0.536. The fourth-order valence-electron chi connectivity index (χ4n) is 4.34. The van der Waals surface area contributed by atoms with Gasteiger partial charge in [0.15, 0.2) is 17.0 Å². The monoisotopic (exact) mass is 440 g/mol. The lowest BCUT2D eigenvalue weighted by Gasteiger charge is -2.28. The highest BCUT2D eigenvalue weighted by molar-refractivity contribution is 5.88. The number of ether oxygens (including phenoxy) is 1. The van der Waals surface area contributed by atoms with Crippen LogP contribution >= 0.6 is 0 Å². The second kappa shape index (κ2) is 7.93. The molecule has 1 saturated heterocycles. The highest BCUT2D eigenvalue weighted by atomic mass is 16.5. The van der Waals surface area contributed by atoms with E-state index in [1.54, 1.807) is 17.1 Å². The fourth-order valence-corrected chi connectivity index (χ4v) is 4.34. The Bertz CT molecular complexity index is 1450. The third kappa shape index (κ3) is 3.41. The third-order valence-corrected chi connectivity index (χ3v) is 5.99. The van der Waals surface area contributed by atoms with Gasteiger partial charge in [-0.15, -0.1) is 0 Å². The summed E-state index contributed by atoms with van der Waals surface area (Å²) in [5.74, 6) is 2.21. The second-order valence-electron chi connectivity index (χ2n) is 8.17. The third-order valence-electron chi connectivity index (χ3n) is 5.99. The number of hydrogen-bond acceptors (Lipinski definition) is 7. The van der Waals surface area contributed by atoms with Crippen LogP contribution in [0.2, 0.25) is 0 Å². The first-order valence-corrected chi connectivity index (χ1v) is 11.2. The number of imidazole rings is 1. The van der Waals surface area contributed by atoms with Gasteiger partial charge in [-0.25, -0.2) is 9.67 Å². The maximum Gasteiger partial charge on any atom is 0.254 e. The number of aryl methyl sites for hydroxylation is 2. The minimum absolute atomic E-state index is 0.536. The zero-order valence-electron chi connectivity index (χ0n) is 18.6. The van der Waals surface area contributed by atoms with Crippen molar-refractivity contribution in [3.63, 3.8) is 0 Å². The standard InChI is InChI=1S/C24H24N8O/c1-3-31-21(17-6-8-25-9-7-17)26-20-22(30-10-12-33-13-11-30)27-24(28-23(20)31)32-15-18-14-16(2)4-5-19(18)29-32/h4-9,14-15H,3,10-13H2,1-2H3. The van der Waals surface area contributed by atoms with Gasteiger partial charge in [0.1, 0.15) is 5.82 Å². The number of hydrogen-bond donors (Lipinski definition) is 0. The topological polar surface area (TPSA) is 86.8 Å². The van der Waals surface area contributed by atoms with E-state index in [9.17, 15) is 0 Å². The van der Waals surface area contributed by atoms with Crippen LogP contribution in [0.4, 0.5) is 5.82 Å². The molecule has 0 amide bonds. The Morgan fingerprint density at radius 1 is 1.00 bits per heavy atom. The molecule has 6 rings (SSSR count). The zero-order valence-corrected chi connectivity index (χ0v) is 18.6. The molecular formula is C24H24N8O. The van der Waals surface area contributed by atoms with Gasteiger partial charge >= 0.3 is 0 Å². The maximum atomic E-state index is 5.58. The molecule has 0 N–H and O–H groups in total. The summed E-state index contributed by atoms with van der Waals surface area (Å²) in [7, 11) is 0. The van der Waals surface area contributed by atoms with E-state index in [-0.39, 0.29) is 0 Å². The van der Waals surface area contributed by atoms with Gasteiger partial charge in [0, 0.05) is 49.2 Å². The number of pyridine rings is 1. The van der Waals surface area contributed by atoms with Crippen molar-refractivity contribution >= 4 is 27.9 Å². The fraction of sp³-hybridized carbons (Fsp3) is 0.292. The number of benzene rings is 1. The molecule has 0 radical (unpaired) electrons. The summed E-state index contributed by atoms with van der Waals surface area (Å²) in [4.78, 5) is 21.3. The van der Waals surface area contributed by atoms with Gasteiger partial charge in [-0.2, -0.15) is 15.1 Å². The number of rotatable bonds is 4. The summed E-state index contributed by atoms with van der Waals surface area (Å²) in [5, 5.41) is 5.81. The van der Waals surface area contributed by atoms with Crippen LogP contribution in [0.25, 0.3) is 39.4 Å². The molecule has 1 aliphatic heterocycles. The van der Waals surface area contributed by atoms with E-state index in [4.69, 9.17) is 24.8 Å². The zero-order chi connectivity index (χ0) is 22.4. The van der Waals surface area contributed by atoms with E-state index in [2.05, 4.69) is 40.4 Å². The van der Waals surface area contributed by atoms with E-state index >= 15 is 0 Å². The lowest BCUT2D eigenvalue weighted by atomic mass is 10.2. The number of aromatic nitrogens is 7. The van der Waals surface area contributed by atoms with Gasteiger partial charge in [-0.05, 0) is 38.1 Å². The molecule has 0 aliphatic carbocycles. The van der Waals surface area contributed by atoms with Gasteiger partial charge in [-0.3, -0.25) is 4.98 Å². The Morgan fingerprint density at radius 2 is 1.82 bits per heavy atom. The number of anilines is 1. The molecule has 0 saturated carbocycles. The van der Waals surface area contributed by atoms with Crippen LogP contribution in [0.5, 0.6) is 0 Å². The van der Waals surface area contributed by atoms with E-state index in [0.717, 1.165) is 58.9 Å². The molecule has 1 aliphatic rings. The Balaban J connectivity index is 1.60. The molecule has 9 nitrogen and oxygen atoms in total. The number of nitrogens with zero attached hydrogens (tertiary/aromatic N) is 8. The summed E-state index contributed by atoms with van der Waals surface area (Å²) in [6, 6.07) is 10.2. The van der Waals surface area contributed by atoms with Crippen LogP contribution in [-0.2, 0) is 11.3 Å². The van der Waals surface area contributed by atoms with Crippen LogP contribution in [0.1, 0.15) is 12.5 Å². The van der Waals surface area contributed by atoms with E-state index in [1.807, 2.05) is 24.4 Å². The Kier molecular flexibility index (Phi) is 4.76.